The van der Waals surface area contributed by atoms with Crippen LogP contribution in [-0.2, 0) is 0 Å². The molecule has 180 valence electrons. The monoisotopic (exact) mass is 420 g/mol. The zero-order chi connectivity index (χ0) is 21.5. The number of hydrogen-bond donors (Lipinski definition) is 0. The third-order valence-corrected chi connectivity index (χ3v) is 7.82. The average Bonchev–Trinajstić information content (AvgIpc) is 2.75. The van der Waals surface area contributed by atoms with Crippen molar-refractivity contribution in [2.45, 2.75) is 181 Å². The molecule has 0 bridgehead atoms. The van der Waals surface area contributed by atoms with E-state index in [1.54, 1.807) is 19.3 Å². The first kappa shape index (κ1) is 28.0. The Morgan fingerprint density at radius 3 is 1.30 bits per heavy atom. The third kappa shape index (κ3) is 17.7. The molecule has 0 heteroatoms. The number of unbranched alkanes of at least 4 members (excludes halogenated alkanes) is 8. The Morgan fingerprint density at radius 2 is 0.833 bits per heavy atom. The predicted molar refractivity (Wildman–Crippen MR) is 138 cm³/mol. The van der Waals surface area contributed by atoms with E-state index in [2.05, 4.69) is 13.8 Å². The maximum Gasteiger partial charge on any atom is -0.0412 e. The van der Waals surface area contributed by atoms with E-state index < -0.39 is 0 Å². The van der Waals surface area contributed by atoms with Crippen LogP contribution in [-0.4, -0.2) is 0 Å². The molecular formula is C30H60. The summed E-state index contributed by atoms with van der Waals surface area (Å²) in [4.78, 5) is 0. The van der Waals surface area contributed by atoms with Gasteiger partial charge in [-0.25, -0.2) is 0 Å². The number of rotatable bonds is 14. The zero-order valence-corrected chi connectivity index (χ0v) is 21.5. The summed E-state index contributed by atoms with van der Waals surface area (Å²) in [5.74, 6) is 2.08. The second-order valence-corrected chi connectivity index (χ2v) is 10.8. The maximum absolute atomic E-state index is 2.35. The van der Waals surface area contributed by atoms with Crippen LogP contribution in [0.2, 0.25) is 0 Å². The Bertz CT molecular complexity index is 306. The van der Waals surface area contributed by atoms with Crippen molar-refractivity contribution in [3.63, 3.8) is 0 Å². The molecule has 0 radical (unpaired) electrons. The van der Waals surface area contributed by atoms with Crippen molar-refractivity contribution in [1.29, 1.82) is 0 Å². The molecule has 0 amide bonds. The van der Waals surface area contributed by atoms with Gasteiger partial charge in [-0.15, -0.1) is 0 Å². The highest BCUT2D eigenvalue weighted by Gasteiger charge is 2.16. The van der Waals surface area contributed by atoms with E-state index in [4.69, 9.17) is 0 Å². The fraction of sp³-hybridized carbons (Fsp3) is 1.00. The lowest BCUT2D eigenvalue weighted by Crippen LogP contribution is -2.11. The van der Waals surface area contributed by atoms with Gasteiger partial charge in [-0.05, 0) is 18.3 Å². The van der Waals surface area contributed by atoms with E-state index in [1.807, 2.05) is 0 Å². The summed E-state index contributed by atoms with van der Waals surface area (Å²) in [5.41, 5.74) is 0. The highest BCUT2D eigenvalue weighted by atomic mass is 14.2. The smallest absolute Gasteiger partial charge is 0.0412 e. The van der Waals surface area contributed by atoms with Gasteiger partial charge in [-0.1, -0.05) is 174 Å². The Hall–Kier alpha value is 0. The van der Waals surface area contributed by atoms with Crippen molar-refractivity contribution in [2.75, 3.05) is 0 Å². The molecule has 0 aromatic rings. The van der Waals surface area contributed by atoms with E-state index in [0.717, 1.165) is 11.8 Å². The molecule has 1 unspecified atom stereocenters. The van der Waals surface area contributed by atoms with Crippen molar-refractivity contribution in [2.24, 2.45) is 11.8 Å². The van der Waals surface area contributed by atoms with Gasteiger partial charge in [0, 0.05) is 0 Å². The summed E-state index contributed by atoms with van der Waals surface area (Å²) in [7, 11) is 0. The molecule has 0 nitrogen and oxygen atoms in total. The molecule has 30 heavy (non-hydrogen) atoms. The number of hydrogen-bond acceptors (Lipinski definition) is 0. The second kappa shape index (κ2) is 22.2. The van der Waals surface area contributed by atoms with E-state index in [9.17, 15) is 0 Å². The van der Waals surface area contributed by atoms with Crippen molar-refractivity contribution < 1.29 is 0 Å². The van der Waals surface area contributed by atoms with Crippen LogP contribution in [0.25, 0.3) is 0 Å². The quantitative estimate of drug-likeness (QED) is 0.245. The summed E-state index contributed by atoms with van der Waals surface area (Å²) < 4.78 is 0. The molecule has 0 saturated heterocycles. The molecule has 0 spiro atoms. The topological polar surface area (TPSA) is 0 Å². The highest BCUT2D eigenvalue weighted by Crippen LogP contribution is 2.31. The first-order chi connectivity index (χ1) is 14.9. The molecule has 0 heterocycles. The normalized spacial score (nSPS) is 19.4. The molecule has 1 aliphatic carbocycles. The minimum Gasteiger partial charge on any atom is -0.0654 e. The van der Waals surface area contributed by atoms with Crippen molar-refractivity contribution in [3.05, 3.63) is 0 Å². The zero-order valence-electron chi connectivity index (χ0n) is 21.5. The van der Waals surface area contributed by atoms with Gasteiger partial charge in [-0.2, -0.15) is 0 Å². The Morgan fingerprint density at radius 1 is 0.467 bits per heavy atom. The maximum atomic E-state index is 2.35. The standard InChI is InChI=1S/C30H60/c1-3-5-7-9-17-21-25-29(24-20-8-6-4-2)28-30-26-22-18-15-13-11-10-12-14-16-19-23-27-30/h29-30H,3-28H2,1-2H3. The van der Waals surface area contributed by atoms with E-state index in [1.165, 1.54) is 148 Å². The van der Waals surface area contributed by atoms with Gasteiger partial charge in [0.15, 0.2) is 0 Å². The lowest BCUT2D eigenvalue weighted by molar-refractivity contribution is 0.281. The first-order valence-corrected chi connectivity index (χ1v) is 14.9. The van der Waals surface area contributed by atoms with E-state index in [-0.39, 0.29) is 0 Å². The van der Waals surface area contributed by atoms with Crippen LogP contribution in [0, 0.1) is 11.8 Å². The van der Waals surface area contributed by atoms with Crippen molar-refractivity contribution >= 4 is 0 Å². The fourth-order valence-electron chi connectivity index (χ4n) is 5.76. The van der Waals surface area contributed by atoms with Crippen molar-refractivity contribution in [1.82, 2.24) is 0 Å². The molecule has 0 aromatic carbocycles. The van der Waals surface area contributed by atoms with Crippen LogP contribution in [0.15, 0.2) is 0 Å². The summed E-state index contributed by atoms with van der Waals surface area (Å²) in [5, 5.41) is 0. The van der Waals surface area contributed by atoms with Gasteiger partial charge in [0.2, 0.25) is 0 Å². The van der Waals surface area contributed by atoms with Gasteiger partial charge in [0.05, 0.1) is 0 Å². The van der Waals surface area contributed by atoms with Crippen LogP contribution < -0.4 is 0 Å². The van der Waals surface area contributed by atoms with Gasteiger partial charge in [-0.3, -0.25) is 0 Å². The fourth-order valence-corrected chi connectivity index (χ4v) is 5.76. The Balaban J connectivity index is 2.42. The van der Waals surface area contributed by atoms with Crippen molar-refractivity contribution in [3.8, 4) is 0 Å². The lowest BCUT2D eigenvalue weighted by atomic mass is 9.81. The third-order valence-electron chi connectivity index (χ3n) is 7.82. The minimum absolute atomic E-state index is 1.04. The van der Waals surface area contributed by atoms with Crippen LogP contribution in [0.3, 0.4) is 0 Å². The molecule has 1 aliphatic rings. The molecule has 0 aromatic heterocycles. The molecule has 1 fully saturated rings. The van der Waals surface area contributed by atoms with Crippen LogP contribution in [0.1, 0.15) is 181 Å². The SMILES string of the molecule is CCCCCCCCC(CCCCCC)CC1CCCCCCCCCCCCC1. The molecule has 0 aliphatic heterocycles. The van der Waals surface area contributed by atoms with Gasteiger partial charge < -0.3 is 0 Å². The summed E-state index contributed by atoms with van der Waals surface area (Å²) in [6.07, 6.45) is 38.9. The molecule has 1 atom stereocenters. The van der Waals surface area contributed by atoms with Crippen LogP contribution >= 0.6 is 0 Å². The molecule has 1 rings (SSSR count). The van der Waals surface area contributed by atoms with E-state index in [0.29, 0.717) is 0 Å². The molecular weight excluding hydrogens is 360 g/mol. The van der Waals surface area contributed by atoms with Gasteiger partial charge in [0.1, 0.15) is 0 Å². The summed E-state index contributed by atoms with van der Waals surface area (Å²) in [6, 6.07) is 0. The largest absolute Gasteiger partial charge is 0.0654 e. The van der Waals surface area contributed by atoms with Crippen LogP contribution in [0.5, 0.6) is 0 Å². The van der Waals surface area contributed by atoms with E-state index >= 15 is 0 Å². The molecule has 0 N–H and O–H groups in total. The highest BCUT2D eigenvalue weighted by molar-refractivity contribution is 4.69. The average molecular weight is 421 g/mol. The summed E-state index contributed by atoms with van der Waals surface area (Å²) >= 11 is 0. The first-order valence-electron chi connectivity index (χ1n) is 14.9. The summed E-state index contributed by atoms with van der Waals surface area (Å²) in [6.45, 7) is 4.68. The molecule has 1 saturated carbocycles. The Labute approximate surface area is 192 Å². The minimum atomic E-state index is 1.04. The lowest BCUT2D eigenvalue weighted by Gasteiger charge is -2.24. The second-order valence-electron chi connectivity index (χ2n) is 10.8. The Kier molecular flexibility index (Phi) is 20.7. The van der Waals surface area contributed by atoms with Gasteiger partial charge in [0.25, 0.3) is 0 Å². The van der Waals surface area contributed by atoms with Crippen LogP contribution in [0.4, 0.5) is 0 Å². The predicted octanol–water partition coefficient (Wildman–Crippen LogP) is 11.4. The van der Waals surface area contributed by atoms with Gasteiger partial charge >= 0.3 is 0 Å².